The van der Waals surface area contributed by atoms with Crippen molar-refractivity contribution in [3.63, 3.8) is 0 Å². The van der Waals surface area contributed by atoms with Gasteiger partial charge in [-0.15, -0.1) is 0 Å². The molecule has 10 unspecified atom stereocenters. The molecule has 1 amide bonds. The van der Waals surface area contributed by atoms with Crippen molar-refractivity contribution in [2.45, 2.75) is 139 Å². The molecular weight excluding hydrogens is 692 g/mol. The number of amides is 1. The highest BCUT2D eigenvalue weighted by atomic mass is 16.8. The zero-order valence-electron chi connectivity index (χ0n) is 31.1. The van der Waals surface area contributed by atoms with Gasteiger partial charge in [0.05, 0.1) is 31.4 Å². The average Bonchev–Trinajstić information content (AvgIpc) is 3.48. The number of epoxide rings is 1. The number of carbonyl (C=O) groups is 3. The van der Waals surface area contributed by atoms with Gasteiger partial charge in [0.1, 0.15) is 35.4 Å². The topological polar surface area (TPSA) is 145 Å². The molecule has 9 rings (SSSR count). The first-order chi connectivity index (χ1) is 25.9. The number of ether oxygens (including phenoxy) is 5. The molecule has 54 heavy (non-hydrogen) atoms. The minimum absolute atomic E-state index is 0.0000751. The lowest BCUT2D eigenvalue weighted by Gasteiger charge is -2.49. The highest BCUT2D eigenvalue weighted by Crippen LogP contribution is 2.58. The number of nitrogens with one attached hydrogen (secondary N) is 1. The predicted octanol–water partition coefficient (Wildman–Crippen LogP) is 3.95. The number of carbonyl (C=O) groups excluding carboxylic acids is 3. The Morgan fingerprint density at radius 2 is 1.76 bits per heavy atom. The van der Waals surface area contributed by atoms with E-state index in [9.17, 15) is 19.5 Å². The molecule has 4 saturated heterocycles. The Hall–Kier alpha value is -3.65. The molecule has 2 aromatic rings. The normalized spacial score (nSPS) is 34.9. The third-order valence-corrected chi connectivity index (χ3v) is 12.4. The molecule has 10 atom stereocenters. The van der Waals surface area contributed by atoms with Gasteiger partial charge in [0.15, 0.2) is 11.8 Å². The van der Waals surface area contributed by atoms with Crippen LogP contribution in [0.25, 0.3) is 6.08 Å². The molecule has 0 aromatic heterocycles. The summed E-state index contributed by atoms with van der Waals surface area (Å²) in [5.41, 5.74) is 2.11. The number of aliphatic hydroxyl groups is 1. The minimum Gasteiger partial charge on any atom is -0.460 e. The van der Waals surface area contributed by atoms with Crippen molar-refractivity contribution in [1.82, 2.24) is 10.4 Å². The van der Waals surface area contributed by atoms with E-state index in [0.29, 0.717) is 31.0 Å². The first-order valence-electron chi connectivity index (χ1n) is 19.6. The average molecular weight is 743 g/mol. The Kier molecular flexibility index (Phi) is 9.02. The van der Waals surface area contributed by atoms with Gasteiger partial charge in [-0.2, -0.15) is 5.06 Å². The van der Waals surface area contributed by atoms with Crippen LogP contribution in [0, 0.1) is 11.3 Å². The SMILES string of the molecule is CC(C)(C)OC(=O)CCC(CO)NC(=O)C12CC3OC(=O)C1N(Cc1ccccc1C=CC1CCC4OC4C1)OC2C1OC2(Cc4ccccc4C2)OC31. The minimum atomic E-state index is -1.42. The van der Waals surface area contributed by atoms with Crippen molar-refractivity contribution in [3.8, 4) is 0 Å². The van der Waals surface area contributed by atoms with Gasteiger partial charge in [-0.25, -0.2) is 0 Å². The van der Waals surface area contributed by atoms with Gasteiger partial charge in [0.25, 0.3) is 0 Å². The molecule has 3 aliphatic carbocycles. The first-order valence-corrected chi connectivity index (χ1v) is 19.6. The van der Waals surface area contributed by atoms with Gasteiger partial charge in [-0.05, 0) is 74.6 Å². The number of aliphatic hydroxyl groups excluding tert-OH is 1. The molecule has 2 saturated carbocycles. The largest absolute Gasteiger partial charge is 0.460 e. The fourth-order valence-electron chi connectivity index (χ4n) is 9.83. The highest BCUT2D eigenvalue weighted by molar-refractivity contribution is 5.94. The van der Waals surface area contributed by atoms with Crippen molar-refractivity contribution in [2.24, 2.45) is 11.3 Å². The summed E-state index contributed by atoms with van der Waals surface area (Å²) in [6.45, 7) is 5.18. The number of rotatable bonds is 10. The van der Waals surface area contributed by atoms with Crippen LogP contribution in [0.2, 0.25) is 0 Å². The van der Waals surface area contributed by atoms with Gasteiger partial charge in [0, 0.05) is 25.7 Å². The van der Waals surface area contributed by atoms with E-state index in [1.807, 2.05) is 36.4 Å². The van der Waals surface area contributed by atoms with Crippen LogP contribution in [-0.4, -0.2) is 94.7 Å². The monoisotopic (exact) mass is 742 g/mol. The lowest BCUT2D eigenvalue weighted by molar-refractivity contribution is -0.217. The van der Waals surface area contributed by atoms with Crippen molar-refractivity contribution < 1.29 is 48.0 Å². The molecule has 288 valence electrons. The Morgan fingerprint density at radius 3 is 2.50 bits per heavy atom. The number of fused-ring (bicyclic) bond motifs is 6. The van der Waals surface area contributed by atoms with Crippen LogP contribution in [0.15, 0.2) is 54.6 Å². The van der Waals surface area contributed by atoms with E-state index in [2.05, 4.69) is 29.6 Å². The summed E-state index contributed by atoms with van der Waals surface area (Å²) >= 11 is 0. The van der Waals surface area contributed by atoms with E-state index in [0.717, 1.165) is 41.5 Å². The molecule has 4 heterocycles. The van der Waals surface area contributed by atoms with E-state index in [1.54, 1.807) is 25.8 Å². The lowest BCUT2D eigenvalue weighted by atomic mass is 9.62. The van der Waals surface area contributed by atoms with Crippen molar-refractivity contribution in [2.75, 3.05) is 6.61 Å². The van der Waals surface area contributed by atoms with E-state index < -0.39 is 77.8 Å². The predicted molar refractivity (Wildman–Crippen MR) is 193 cm³/mol. The molecule has 2 bridgehead atoms. The number of esters is 2. The maximum absolute atomic E-state index is 14.9. The molecular formula is C42H50N2O10. The van der Waals surface area contributed by atoms with E-state index >= 15 is 0 Å². The number of hydrogen-bond donors (Lipinski definition) is 2. The van der Waals surface area contributed by atoms with Gasteiger partial charge < -0.3 is 34.1 Å². The van der Waals surface area contributed by atoms with Gasteiger partial charge >= 0.3 is 11.9 Å². The Bertz CT molecular complexity index is 1820. The molecule has 12 heteroatoms. The molecule has 1 spiro atoms. The zero-order chi connectivity index (χ0) is 37.4. The quantitative estimate of drug-likeness (QED) is 0.270. The smallest absolute Gasteiger partial charge is 0.327 e. The van der Waals surface area contributed by atoms with Crippen LogP contribution in [0.4, 0.5) is 0 Å². The van der Waals surface area contributed by atoms with Crippen molar-refractivity contribution in [3.05, 3.63) is 76.9 Å². The molecule has 6 fully saturated rings. The number of allylic oxidation sites excluding steroid dienone is 1. The second-order valence-corrected chi connectivity index (χ2v) is 17.2. The summed E-state index contributed by atoms with van der Waals surface area (Å²) in [4.78, 5) is 48.5. The fraction of sp³-hybridized carbons (Fsp3) is 0.595. The second-order valence-electron chi connectivity index (χ2n) is 17.2. The summed E-state index contributed by atoms with van der Waals surface area (Å²) in [6, 6.07) is 14.3. The van der Waals surface area contributed by atoms with Crippen molar-refractivity contribution >= 4 is 23.9 Å². The van der Waals surface area contributed by atoms with Gasteiger partial charge in [-0.3, -0.25) is 19.2 Å². The number of nitrogens with zero attached hydrogens (tertiary/aromatic N) is 1. The number of hydroxylamine groups is 2. The standard InChI is InChI=1S/C42H50N2O10/c1-40(2,3)51-33(46)17-15-29(23-45)43-39(48)42-21-32-34-35(53-41(52-34)19-26-9-5-6-10-27(26)20-41)37(42)54-44(36(42)38(47)50-32)22-28-11-7-4-8-25(28)14-12-24-13-16-30-31(18-24)49-30/h4-12,14,24,29-32,34-37,45H,13,15-23H2,1-3H3,(H,43,48). The highest BCUT2D eigenvalue weighted by Gasteiger charge is 2.76. The molecule has 12 nitrogen and oxygen atoms in total. The summed E-state index contributed by atoms with van der Waals surface area (Å²) in [7, 11) is 0. The Labute approximate surface area is 315 Å². The zero-order valence-corrected chi connectivity index (χ0v) is 31.1. The summed E-state index contributed by atoms with van der Waals surface area (Å²) in [6.07, 6.45) is 6.78. The molecule has 2 N–H and O–H groups in total. The number of hydrogen-bond acceptors (Lipinski definition) is 11. The summed E-state index contributed by atoms with van der Waals surface area (Å²) in [5.74, 6) is -1.98. The molecule has 0 radical (unpaired) electrons. The maximum Gasteiger partial charge on any atom is 0.327 e. The van der Waals surface area contributed by atoms with Crippen LogP contribution in [0.3, 0.4) is 0 Å². The summed E-state index contributed by atoms with van der Waals surface area (Å²) in [5, 5.41) is 15.0. The lowest BCUT2D eigenvalue weighted by Crippen LogP contribution is -2.70. The first kappa shape index (κ1) is 36.0. The van der Waals surface area contributed by atoms with Crippen LogP contribution in [0.5, 0.6) is 0 Å². The van der Waals surface area contributed by atoms with Crippen LogP contribution < -0.4 is 5.32 Å². The third kappa shape index (κ3) is 6.48. The second kappa shape index (κ2) is 13.5. The van der Waals surface area contributed by atoms with Crippen LogP contribution in [0.1, 0.15) is 81.5 Å². The van der Waals surface area contributed by atoms with Gasteiger partial charge in [0.2, 0.25) is 5.91 Å². The summed E-state index contributed by atoms with van der Waals surface area (Å²) < 4.78 is 31.0. The van der Waals surface area contributed by atoms with E-state index in [4.69, 9.17) is 28.5 Å². The maximum atomic E-state index is 14.9. The van der Waals surface area contributed by atoms with Crippen LogP contribution in [-0.2, 0) is 62.3 Å². The molecule has 2 aromatic carbocycles. The Morgan fingerprint density at radius 1 is 1.02 bits per heavy atom. The fourth-order valence-corrected chi connectivity index (χ4v) is 9.83. The molecule has 4 aliphatic heterocycles. The number of benzene rings is 2. The van der Waals surface area contributed by atoms with E-state index in [-0.39, 0.29) is 25.8 Å². The van der Waals surface area contributed by atoms with Crippen LogP contribution >= 0.6 is 0 Å². The Balaban J connectivity index is 1.01. The van der Waals surface area contributed by atoms with Gasteiger partial charge in [-0.1, -0.05) is 60.7 Å². The van der Waals surface area contributed by atoms with E-state index in [1.165, 1.54) is 0 Å². The molecule has 7 aliphatic rings. The third-order valence-electron chi connectivity index (χ3n) is 12.4. The van der Waals surface area contributed by atoms with Crippen molar-refractivity contribution in [1.29, 1.82) is 0 Å².